The summed E-state index contributed by atoms with van der Waals surface area (Å²) in [6, 6.07) is 27.7. The third-order valence-electron chi connectivity index (χ3n) is 4.33. The summed E-state index contributed by atoms with van der Waals surface area (Å²) in [4.78, 5) is 4.24. The molecule has 3 aromatic rings. The van der Waals surface area contributed by atoms with Gasteiger partial charge < -0.3 is 9.80 Å². The summed E-state index contributed by atoms with van der Waals surface area (Å²) in [7, 11) is 7.51. The van der Waals surface area contributed by atoms with Gasteiger partial charge in [0.2, 0.25) is 0 Å². The number of anilines is 2. The van der Waals surface area contributed by atoms with Crippen LogP contribution in [0, 0.1) is 11.6 Å². The van der Waals surface area contributed by atoms with Crippen LogP contribution in [0.15, 0.2) is 78.9 Å². The molecule has 0 radical (unpaired) electrons. The van der Waals surface area contributed by atoms with E-state index in [1.807, 2.05) is 18.2 Å². The number of nitrogens with zero attached hydrogens (tertiary/aromatic N) is 2. The first kappa shape index (κ1) is 19.0. The van der Waals surface area contributed by atoms with Crippen LogP contribution in [0.25, 0.3) is 0 Å². The van der Waals surface area contributed by atoms with Gasteiger partial charge in [-0.25, -0.2) is 0 Å². The van der Waals surface area contributed by atoms with Crippen LogP contribution in [0.4, 0.5) is 11.4 Å². The highest BCUT2D eigenvalue weighted by Crippen LogP contribution is 2.33. The average molecular weight is 372 g/mol. The van der Waals surface area contributed by atoms with Gasteiger partial charge in [-0.2, -0.15) is 0 Å². The van der Waals surface area contributed by atoms with Crippen LogP contribution in [-0.2, 0) is 0 Å². The van der Waals surface area contributed by atoms with Crippen LogP contribution < -0.4 is 20.4 Å². The molecule has 0 aliphatic rings. The Labute approximate surface area is 164 Å². The van der Waals surface area contributed by atoms with Crippen molar-refractivity contribution in [1.82, 2.24) is 0 Å². The molecule has 2 nitrogen and oxygen atoms in total. The van der Waals surface area contributed by atoms with Gasteiger partial charge in [-0.15, -0.1) is 0 Å². The first-order valence-electron chi connectivity index (χ1n) is 8.96. The van der Waals surface area contributed by atoms with Gasteiger partial charge in [-0.1, -0.05) is 54.0 Å². The summed E-state index contributed by atoms with van der Waals surface area (Å²) < 4.78 is 0. The summed E-state index contributed by atoms with van der Waals surface area (Å²) >= 11 is 0. The molecule has 0 amide bonds. The molecule has 0 atom stereocenters. The SMILES string of the molecule is CN(C)c1ccc(P(C#Cc2ccccc2)c2ccc(N(C)C)cc2)cc1. The van der Waals surface area contributed by atoms with E-state index in [9.17, 15) is 0 Å². The van der Waals surface area contributed by atoms with Gasteiger partial charge in [0, 0.05) is 53.1 Å². The highest BCUT2D eigenvalue weighted by molar-refractivity contribution is 7.77. The largest absolute Gasteiger partial charge is 0.378 e. The Morgan fingerprint density at radius 2 is 1.04 bits per heavy atom. The van der Waals surface area contributed by atoms with Crippen LogP contribution >= 0.6 is 7.92 Å². The summed E-state index contributed by atoms with van der Waals surface area (Å²) in [5, 5.41) is 2.55. The Balaban J connectivity index is 1.99. The van der Waals surface area contributed by atoms with E-state index in [-0.39, 0.29) is 0 Å². The Bertz CT molecular complexity index is 867. The van der Waals surface area contributed by atoms with Gasteiger partial charge >= 0.3 is 0 Å². The van der Waals surface area contributed by atoms with Crippen molar-refractivity contribution < 1.29 is 0 Å². The molecule has 0 aliphatic heterocycles. The van der Waals surface area contributed by atoms with Crippen molar-refractivity contribution in [2.24, 2.45) is 0 Å². The zero-order chi connectivity index (χ0) is 19.2. The molecular formula is C24H25N2P. The van der Waals surface area contributed by atoms with Crippen molar-refractivity contribution in [1.29, 1.82) is 0 Å². The zero-order valence-electron chi connectivity index (χ0n) is 16.3. The van der Waals surface area contributed by atoms with Crippen LogP contribution in [0.1, 0.15) is 5.56 Å². The molecule has 0 saturated carbocycles. The van der Waals surface area contributed by atoms with Gasteiger partial charge in [0.05, 0.1) is 0 Å². The lowest BCUT2D eigenvalue weighted by Crippen LogP contribution is -2.14. The molecule has 0 N–H and O–H groups in total. The fourth-order valence-electron chi connectivity index (χ4n) is 2.72. The minimum Gasteiger partial charge on any atom is -0.378 e. The monoisotopic (exact) mass is 372 g/mol. The van der Waals surface area contributed by atoms with Crippen LogP contribution in [0.5, 0.6) is 0 Å². The Morgan fingerprint density at radius 3 is 1.44 bits per heavy atom. The predicted molar refractivity (Wildman–Crippen MR) is 121 cm³/mol. The van der Waals surface area contributed by atoms with Crippen molar-refractivity contribution in [2.75, 3.05) is 38.0 Å². The van der Waals surface area contributed by atoms with E-state index in [0.717, 1.165) is 5.56 Å². The van der Waals surface area contributed by atoms with Gasteiger partial charge in [-0.3, -0.25) is 0 Å². The minimum absolute atomic E-state index is 0.736. The summed E-state index contributed by atoms with van der Waals surface area (Å²) in [5.41, 5.74) is 7.01. The number of benzene rings is 3. The van der Waals surface area contributed by atoms with E-state index in [2.05, 4.69) is 110 Å². The maximum Gasteiger partial charge on any atom is 0.0361 e. The molecule has 0 aliphatic carbocycles. The first-order chi connectivity index (χ1) is 13.0. The molecule has 3 aromatic carbocycles. The van der Waals surface area contributed by atoms with Gasteiger partial charge in [-0.05, 0) is 47.0 Å². The second-order valence-electron chi connectivity index (χ2n) is 6.76. The van der Waals surface area contributed by atoms with Gasteiger partial charge in [0.15, 0.2) is 0 Å². The third kappa shape index (κ3) is 4.91. The average Bonchev–Trinajstić information content (AvgIpc) is 2.69. The van der Waals surface area contributed by atoms with Crippen molar-refractivity contribution >= 4 is 29.9 Å². The Morgan fingerprint density at radius 1 is 0.593 bits per heavy atom. The smallest absolute Gasteiger partial charge is 0.0361 e. The van der Waals surface area contributed by atoms with Crippen LogP contribution in [-0.4, -0.2) is 28.2 Å². The molecule has 0 unspecified atom stereocenters. The molecule has 136 valence electrons. The third-order valence-corrected chi connectivity index (χ3v) is 6.30. The Kier molecular flexibility index (Phi) is 6.17. The first-order valence-corrected chi connectivity index (χ1v) is 10.3. The van der Waals surface area contributed by atoms with E-state index in [1.54, 1.807) is 0 Å². The lowest BCUT2D eigenvalue weighted by atomic mass is 10.2. The van der Waals surface area contributed by atoms with Crippen LogP contribution in [0.3, 0.4) is 0 Å². The summed E-state index contributed by atoms with van der Waals surface area (Å²) in [6.45, 7) is 0. The maximum absolute atomic E-state index is 3.55. The van der Waals surface area contributed by atoms with E-state index < -0.39 is 7.92 Å². The highest BCUT2D eigenvalue weighted by atomic mass is 31.1. The molecule has 27 heavy (non-hydrogen) atoms. The topological polar surface area (TPSA) is 6.48 Å². The second kappa shape index (κ2) is 8.76. The van der Waals surface area contributed by atoms with E-state index >= 15 is 0 Å². The minimum atomic E-state index is -0.736. The van der Waals surface area contributed by atoms with Crippen molar-refractivity contribution in [3.05, 3.63) is 84.4 Å². The molecule has 0 heterocycles. The zero-order valence-corrected chi connectivity index (χ0v) is 17.2. The normalized spacial score (nSPS) is 10.3. The lowest BCUT2D eigenvalue weighted by molar-refractivity contribution is 1.13. The number of rotatable bonds is 4. The van der Waals surface area contributed by atoms with Crippen LogP contribution in [0.2, 0.25) is 0 Å². The lowest BCUT2D eigenvalue weighted by Gasteiger charge is -2.17. The maximum atomic E-state index is 3.55. The molecule has 0 spiro atoms. The molecule has 3 rings (SSSR count). The molecular weight excluding hydrogens is 347 g/mol. The van der Waals surface area contributed by atoms with Crippen molar-refractivity contribution in [2.45, 2.75) is 0 Å². The molecule has 0 aromatic heterocycles. The molecule has 0 bridgehead atoms. The number of hydrogen-bond donors (Lipinski definition) is 0. The van der Waals surface area contributed by atoms with E-state index in [0.29, 0.717) is 0 Å². The summed E-state index contributed by atoms with van der Waals surface area (Å²) in [6.07, 6.45) is 0. The van der Waals surface area contributed by atoms with Gasteiger partial charge in [0.1, 0.15) is 0 Å². The standard InChI is InChI=1S/C24H25N2P/c1-25(2)21-10-14-23(15-11-21)27(19-18-20-8-6-5-7-9-20)24-16-12-22(13-17-24)26(3)4/h5-17H,1-4H3. The van der Waals surface area contributed by atoms with E-state index in [1.165, 1.54) is 22.0 Å². The molecule has 0 fully saturated rings. The quantitative estimate of drug-likeness (QED) is 0.499. The number of hydrogen-bond acceptors (Lipinski definition) is 2. The second-order valence-corrected chi connectivity index (χ2v) is 8.69. The van der Waals surface area contributed by atoms with E-state index in [4.69, 9.17) is 0 Å². The predicted octanol–water partition coefficient (Wildman–Crippen LogP) is 4.26. The van der Waals surface area contributed by atoms with Crippen molar-refractivity contribution in [3.8, 4) is 11.6 Å². The summed E-state index contributed by atoms with van der Waals surface area (Å²) in [5.74, 6) is 3.37. The fraction of sp³-hybridized carbons (Fsp3) is 0.167. The van der Waals surface area contributed by atoms with Crippen molar-refractivity contribution in [3.63, 3.8) is 0 Å². The Hall–Kier alpha value is -2.75. The molecule has 3 heteroatoms. The molecule has 0 saturated heterocycles. The van der Waals surface area contributed by atoms with Gasteiger partial charge in [0.25, 0.3) is 0 Å². The fourth-order valence-corrected chi connectivity index (χ4v) is 4.41. The highest BCUT2D eigenvalue weighted by Gasteiger charge is 2.12.